The Morgan fingerprint density at radius 2 is 1.95 bits per heavy atom. The van der Waals surface area contributed by atoms with E-state index in [4.69, 9.17) is 5.73 Å². The maximum absolute atomic E-state index is 6.47. The fourth-order valence-corrected chi connectivity index (χ4v) is 2.90. The third-order valence-corrected chi connectivity index (χ3v) is 4.02. The number of rotatable bonds is 4. The van der Waals surface area contributed by atoms with Gasteiger partial charge >= 0.3 is 0 Å². The van der Waals surface area contributed by atoms with Crippen LogP contribution in [0.2, 0.25) is 0 Å². The van der Waals surface area contributed by atoms with E-state index in [9.17, 15) is 0 Å². The molecule has 0 radical (unpaired) electrons. The van der Waals surface area contributed by atoms with Crippen LogP contribution in [0.4, 0.5) is 0 Å². The molecule has 0 saturated carbocycles. The Labute approximate surface area is 123 Å². The molecule has 1 atom stereocenters. The first-order valence-electron chi connectivity index (χ1n) is 6.50. The highest BCUT2D eigenvalue weighted by atomic mass is 79.9. The molecule has 0 spiro atoms. The third-order valence-electron chi connectivity index (χ3n) is 3.33. The number of hydrogen-bond acceptors (Lipinski definition) is 2. The molecule has 2 nitrogen and oxygen atoms in total. The van der Waals surface area contributed by atoms with Crippen LogP contribution >= 0.6 is 15.9 Å². The fraction of sp³-hybridized carbons (Fsp3) is 0.312. The molecule has 2 aromatic rings. The molecule has 3 heteroatoms. The molecular weight excluding hydrogens is 300 g/mol. The van der Waals surface area contributed by atoms with Gasteiger partial charge in [-0.3, -0.25) is 4.98 Å². The molecule has 1 unspecified atom stereocenters. The minimum atomic E-state index is -0.430. The Hall–Kier alpha value is -1.19. The minimum absolute atomic E-state index is 0.430. The number of hydrogen-bond donors (Lipinski definition) is 1. The predicted octanol–water partition coefficient (Wildman–Crippen LogP) is 3.82. The summed E-state index contributed by atoms with van der Waals surface area (Å²) >= 11 is 3.57. The summed E-state index contributed by atoms with van der Waals surface area (Å²) in [4.78, 5) is 4.49. The zero-order valence-electron chi connectivity index (χ0n) is 11.4. The van der Waals surface area contributed by atoms with Gasteiger partial charge in [0.1, 0.15) is 0 Å². The first-order chi connectivity index (χ1) is 9.03. The van der Waals surface area contributed by atoms with Crippen molar-refractivity contribution in [3.05, 3.63) is 63.9 Å². The second-order valence-corrected chi connectivity index (χ2v) is 5.94. The summed E-state index contributed by atoms with van der Waals surface area (Å²) in [7, 11) is 0. The van der Waals surface area contributed by atoms with E-state index in [1.807, 2.05) is 31.3 Å². The van der Waals surface area contributed by atoms with E-state index in [-0.39, 0.29) is 0 Å². The molecule has 0 aliphatic rings. The Morgan fingerprint density at radius 1 is 1.21 bits per heavy atom. The van der Waals surface area contributed by atoms with E-state index < -0.39 is 5.54 Å². The normalized spacial score (nSPS) is 14.1. The first kappa shape index (κ1) is 14.2. The zero-order valence-corrected chi connectivity index (χ0v) is 12.9. The number of nitrogens with two attached hydrogens (primary N) is 1. The largest absolute Gasteiger partial charge is 0.321 e. The number of pyridine rings is 1. The SMILES string of the molecule is CCc1ccc(CC(C)(N)c2ccccc2Br)nc1. The van der Waals surface area contributed by atoms with Crippen LogP contribution in [0, 0.1) is 0 Å². The lowest BCUT2D eigenvalue weighted by atomic mass is 9.88. The Balaban J connectivity index is 2.23. The summed E-state index contributed by atoms with van der Waals surface area (Å²) in [6, 6.07) is 12.3. The van der Waals surface area contributed by atoms with Crippen LogP contribution in [-0.4, -0.2) is 4.98 Å². The smallest absolute Gasteiger partial charge is 0.0448 e. The van der Waals surface area contributed by atoms with Crippen LogP contribution in [0.5, 0.6) is 0 Å². The van der Waals surface area contributed by atoms with Crippen molar-refractivity contribution in [3.8, 4) is 0 Å². The topological polar surface area (TPSA) is 38.9 Å². The van der Waals surface area contributed by atoms with Crippen LogP contribution in [0.15, 0.2) is 47.1 Å². The van der Waals surface area contributed by atoms with Crippen molar-refractivity contribution >= 4 is 15.9 Å². The molecule has 19 heavy (non-hydrogen) atoms. The van der Waals surface area contributed by atoms with Gasteiger partial charge in [0, 0.05) is 28.3 Å². The van der Waals surface area contributed by atoms with Crippen molar-refractivity contribution in [1.29, 1.82) is 0 Å². The van der Waals surface area contributed by atoms with Gasteiger partial charge in [-0.05, 0) is 36.6 Å². The molecule has 100 valence electrons. The molecule has 1 heterocycles. The highest BCUT2D eigenvalue weighted by molar-refractivity contribution is 9.10. The fourth-order valence-electron chi connectivity index (χ4n) is 2.16. The van der Waals surface area contributed by atoms with Crippen molar-refractivity contribution in [2.24, 2.45) is 5.73 Å². The third kappa shape index (κ3) is 3.43. The van der Waals surface area contributed by atoms with Gasteiger partial charge in [-0.2, -0.15) is 0 Å². The number of aromatic nitrogens is 1. The maximum Gasteiger partial charge on any atom is 0.0448 e. The van der Waals surface area contributed by atoms with Crippen LogP contribution in [0.1, 0.15) is 30.7 Å². The lowest BCUT2D eigenvalue weighted by Crippen LogP contribution is -2.36. The molecule has 0 saturated heterocycles. The molecule has 2 rings (SSSR count). The van der Waals surface area contributed by atoms with E-state index in [0.29, 0.717) is 0 Å². The van der Waals surface area contributed by atoms with Gasteiger partial charge in [-0.15, -0.1) is 0 Å². The highest BCUT2D eigenvalue weighted by Gasteiger charge is 2.24. The monoisotopic (exact) mass is 318 g/mol. The second kappa shape index (κ2) is 5.85. The molecule has 0 aliphatic heterocycles. The lowest BCUT2D eigenvalue weighted by molar-refractivity contribution is 0.483. The quantitative estimate of drug-likeness (QED) is 0.930. The lowest BCUT2D eigenvalue weighted by Gasteiger charge is -2.26. The van der Waals surface area contributed by atoms with Gasteiger partial charge < -0.3 is 5.73 Å². The molecule has 2 N–H and O–H groups in total. The van der Waals surface area contributed by atoms with E-state index in [2.05, 4.69) is 46.0 Å². The summed E-state index contributed by atoms with van der Waals surface area (Å²) in [5.74, 6) is 0. The van der Waals surface area contributed by atoms with Gasteiger partial charge in [0.2, 0.25) is 0 Å². The minimum Gasteiger partial charge on any atom is -0.321 e. The number of nitrogens with zero attached hydrogens (tertiary/aromatic N) is 1. The van der Waals surface area contributed by atoms with Crippen LogP contribution < -0.4 is 5.73 Å². The van der Waals surface area contributed by atoms with Crippen molar-refractivity contribution in [1.82, 2.24) is 4.98 Å². The standard InChI is InChI=1S/C16H19BrN2/c1-3-12-8-9-13(19-11-12)10-16(2,18)14-6-4-5-7-15(14)17/h4-9,11H,3,10,18H2,1-2H3. The molecule has 0 aliphatic carbocycles. The zero-order chi connectivity index (χ0) is 13.9. The number of aryl methyl sites for hydroxylation is 1. The van der Waals surface area contributed by atoms with Gasteiger partial charge in [-0.1, -0.05) is 47.1 Å². The summed E-state index contributed by atoms with van der Waals surface area (Å²) < 4.78 is 1.05. The summed E-state index contributed by atoms with van der Waals surface area (Å²) in [5.41, 5.74) is 9.43. The Bertz CT molecular complexity index is 547. The van der Waals surface area contributed by atoms with Gasteiger partial charge in [0.05, 0.1) is 0 Å². The van der Waals surface area contributed by atoms with E-state index in [1.165, 1.54) is 5.56 Å². The summed E-state index contributed by atoms with van der Waals surface area (Å²) in [6.07, 6.45) is 3.67. The van der Waals surface area contributed by atoms with Crippen molar-refractivity contribution in [2.75, 3.05) is 0 Å². The average molecular weight is 319 g/mol. The van der Waals surface area contributed by atoms with Crippen molar-refractivity contribution in [3.63, 3.8) is 0 Å². The summed E-state index contributed by atoms with van der Waals surface area (Å²) in [5, 5.41) is 0. The number of halogens is 1. The average Bonchev–Trinajstić information content (AvgIpc) is 2.39. The first-order valence-corrected chi connectivity index (χ1v) is 7.30. The van der Waals surface area contributed by atoms with E-state index in [1.54, 1.807) is 0 Å². The van der Waals surface area contributed by atoms with Crippen LogP contribution in [0.3, 0.4) is 0 Å². The number of benzene rings is 1. The summed E-state index contributed by atoms with van der Waals surface area (Å²) in [6.45, 7) is 4.17. The molecule has 0 amide bonds. The predicted molar refractivity (Wildman–Crippen MR) is 83.0 cm³/mol. The van der Waals surface area contributed by atoms with Crippen LogP contribution in [-0.2, 0) is 18.4 Å². The van der Waals surface area contributed by atoms with E-state index >= 15 is 0 Å². The van der Waals surface area contributed by atoms with Gasteiger partial charge in [0.25, 0.3) is 0 Å². The van der Waals surface area contributed by atoms with Gasteiger partial charge in [0.15, 0.2) is 0 Å². The second-order valence-electron chi connectivity index (χ2n) is 5.09. The van der Waals surface area contributed by atoms with Crippen molar-refractivity contribution in [2.45, 2.75) is 32.2 Å². The molecule has 1 aromatic heterocycles. The van der Waals surface area contributed by atoms with Crippen molar-refractivity contribution < 1.29 is 0 Å². The van der Waals surface area contributed by atoms with E-state index in [0.717, 1.165) is 28.6 Å². The highest BCUT2D eigenvalue weighted by Crippen LogP contribution is 2.28. The van der Waals surface area contributed by atoms with Crippen LogP contribution in [0.25, 0.3) is 0 Å². The molecular formula is C16H19BrN2. The Morgan fingerprint density at radius 3 is 2.53 bits per heavy atom. The Kier molecular flexibility index (Phi) is 4.38. The van der Waals surface area contributed by atoms with Gasteiger partial charge in [-0.25, -0.2) is 0 Å². The molecule has 1 aromatic carbocycles. The molecule has 0 fully saturated rings. The molecule has 0 bridgehead atoms. The maximum atomic E-state index is 6.47.